The molecule has 0 amide bonds. The van der Waals surface area contributed by atoms with Crippen LogP contribution >= 0.6 is 23.1 Å². The molecule has 3 aromatic rings. The minimum atomic E-state index is -0.441. The highest BCUT2D eigenvalue weighted by Gasteiger charge is 2.11. The number of fused-ring (bicyclic) bond motifs is 1. The van der Waals surface area contributed by atoms with Gasteiger partial charge in [-0.25, -0.2) is 0 Å². The van der Waals surface area contributed by atoms with E-state index < -0.39 is 6.10 Å². The number of benzene rings is 2. The number of aliphatic hydroxyl groups excluding tert-OH is 1. The van der Waals surface area contributed by atoms with Crippen molar-refractivity contribution < 1.29 is 5.11 Å². The Morgan fingerprint density at radius 1 is 1.10 bits per heavy atom. The molecule has 0 aliphatic heterocycles. The third-order valence-electron chi connectivity index (χ3n) is 3.48. The molecule has 2 aromatic carbocycles. The van der Waals surface area contributed by atoms with Crippen LogP contribution in [-0.4, -0.2) is 11.4 Å². The van der Waals surface area contributed by atoms with Crippen molar-refractivity contribution in [3.8, 4) is 0 Å². The smallest absolute Gasteiger partial charge is 0.0830 e. The maximum Gasteiger partial charge on any atom is 0.0830 e. The van der Waals surface area contributed by atoms with Crippen molar-refractivity contribution in [2.24, 2.45) is 0 Å². The van der Waals surface area contributed by atoms with Gasteiger partial charge in [-0.3, -0.25) is 0 Å². The third-order valence-corrected chi connectivity index (χ3v) is 5.23. The van der Waals surface area contributed by atoms with E-state index in [1.807, 2.05) is 12.1 Å². The largest absolute Gasteiger partial charge is 0.388 e. The van der Waals surface area contributed by atoms with Crippen molar-refractivity contribution in [1.82, 2.24) is 0 Å². The third kappa shape index (κ3) is 2.75. The molecule has 1 nitrogen and oxygen atoms in total. The van der Waals surface area contributed by atoms with E-state index >= 15 is 0 Å². The molecule has 3 rings (SSSR count). The van der Waals surface area contributed by atoms with Crippen LogP contribution in [0, 0.1) is 0 Å². The Morgan fingerprint density at radius 3 is 2.60 bits per heavy atom. The molecule has 1 aromatic heterocycles. The summed E-state index contributed by atoms with van der Waals surface area (Å²) in [5.74, 6) is 0. The molecule has 3 heteroatoms. The second-order valence-electron chi connectivity index (χ2n) is 4.75. The normalized spacial score (nSPS) is 12.7. The van der Waals surface area contributed by atoms with Crippen molar-refractivity contribution >= 4 is 33.2 Å². The average Bonchev–Trinajstić information content (AvgIpc) is 2.91. The van der Waals surface area contributed by atoms with E-state index in [-0.39, 0.29) is 0 Å². The summed E-state index contributed by atoms with van der Waals surface area (Å²) in [6.45, 7) is 0. The van der Waals surface area contributed by atoms with Gasteiger partial charge in [-0.2, -0.15) is 0 Å². The summed E-state index contributed by atoms with van der Waals surface area (Å²) in [7, 11) is 0. The molecule has 0 aliphatic carbocycles. The van der Waals surface area contributed by atoms with Gasteiger partial charge >= 0.3 is 0 Å². The van der Waals surface area contributed by atoms with Gasteiger partial charge in [0.25, 0.3) is 0 Å². The van der Waals surface area contributed by atoms with Gasteiger partial charge in [0.2, 0.25) is 0 Å². The van der Waals surface area contributed by atoms with Crippen molar-refractivity contribution in [1.29, 1.82) is 0 Å². The van der Waals surface area contributed by atoms with Crippen LogP contribution in [0.25, 0.3) is 10.1 Å². The van der Waals surface area contributed by atoms with E-state index in [4.69, 9.17) is 0 Å². The molecule has 20 heavy (non-hydrogen) atoms. The number of hydrogen-bond donors (Lipinski definition) is 1. The predicted molar refractivity (Wildman–Crippen MR) is 88.7 cm³/mol. The Kier molecular flexibility index (Phi) is 4.10. The zero-order valence-corrected chi connectivity index (χ0v) is 12.9. The summed E-state index contributed by atoms with van der Waals surface area (Å²) in [6, 6.07) is 16.5. The maximum absolute atomic E-state index is 10.4. The topological polar surface area (TPSA) is 20.2 Å². The highest BCUT2D eigenvalue weighted by molar-refractivity contribution is 7.98. The van der Waals surface area contributed by atoms with Crippen molar-refractivity contribution in [2.75, 3.05) is 6.26 Å². The van der Waals surface area contributed by atoms with Gasteiger partial charge in [0, 0.05) is 16.0 Å². The molecule has 102 valence electrons. The molecule has 0 fully saturated rings. The van der Waals surface area contributed by atoms with E-state index in [9.17, 15) is 5.11 Å². The lowest BCUT2D eigenvalue weighted by atomic mass is 10.0. The minimum absolute atomic E-state index is 0.441. The zero-order valence-electron chi connectivity index (χ0n) is 11.2. The first-order valence-electron chi connectivity index (χ1n) is 6.55. The van der Waals surface area contributed by atoms with Crippen LogP contribution in [0.5, 0.6) is 0 Å². The molecule has 0 saturated carbocycles. The van der Waals surface area contributed by atoms with Crippen LogP contribution in [-0.2, 0) is 6.42 Å². The highest BCUT2D eigenvalue weighted by atomic mass is 32.2. The van der Waals surface area contributed by atoms with Gasteiger partial charge in [0.05, 0.1) is 6.10 Å². The van der Waals surface area contributed by atoms with Crippen LogP contribution in [0.2, 0.25) is 0 Å². The second-order valence-corrected chi connectivity index (χ2v) is 6.54. The first kappa shape index (κ1) is 13.7. The minimum Gasteiger partial charge on any atom is -0.388 e. The number of hydrogen-bond acceptors (Lipinski definition) is 3. The Bertz CT molecular complexity index is 700. The summed E-state index contributed by atoms with van der Waals surface area (Å²) in [4.78, 5) is 1.22. The molecule has 1 unspecified atom stereocenters. The predicted octanol–water partition coefficient (Wildman–Crippen LogP) is 4.90. The molecular formula is C17H16OS2. The van der Waals surface area contributed by atoms with Crippen molar-refractivity contribution in [3.05, 3.63) is 65.0 Å². The van der Waals surface area contributed by atoms with Gasteiger partial charge in [0.1, 0.15) is 0 Å². The lowest BCUT2D eigenvalue weighted by Gasteiger charge is -2.11. The molecule has 0 bridgehead atoms. The van der Waals surface area contributed by atoms with E-state index in [0.29, 0.717) is 6.42 Å². The molecule has 1 heterocycles. The van der Waals surface area contributed by atoms with Gasteiger partial charge in [-0.15, -0.1) is 23.1 Å². The van der Waals surface area contributed by atoms with Gasteiger partial charge < -0.3 is 5.11 Å². The number of thiophene rings is 1. The van der Waals surface area contributed by atoms with E-state index in [2.05, 4.69) is 48.0 Å². The van der Waals surface area contributed by atoms with Gasteiger partial charge in [-0.05, 0) is 46.3 Å². The lowest BCUT2D eigenvalue weighted by molar-refractivity contribution is 0.179. The molecule has 1 atom stereocenters. The fourth-order valence-electron chi connectivity index (χ4n) is 2.34. The summed E-state index contributed by atoms with van der Waals surface area (Å²) >= 11 is 3.46. The number of rotatable bonds is 4. The molecular weight excluding hydrogens is 284 g/mol. The fraction of sp³-hybridized carbons (Fsp3) is 0.176. The summed E-state index contributed by atoms with van der Waals surface area (Å²) < 4.78 is 1.28. The highest BCUT2D eigenvalue weighted by Crippen LogP contribution is 2.29. The van der Waals surface area contributed by atoms with Crippen LogP contribution in [0.15, 0.2) is 58.8 Å². The van der Waals surface area contributed by atoms with Crippen LogP contribution in [0.1, 0.15) is 17.2 Å². The summed E-state index contributed by atoms with van der Waals surface area (Å²) in [5.41, 5.74) is 2.21. The summed E-state index contributed by atoms with van der Waals surface area (Å²) in [6.07, 6.45) is 2.29. The Hall–Kier alpha value is -1.29. The average molecular weight is 300 g/mol. The van der Waals surface area contributed by atoms with Gasteiger partial charge in [-0.1, -0.05) is 30.3 Å². The van der Waals surface area contributed by atoms with E-state index in [0.717, 1.165) is 5.56 Å². The van der Waals surface area contributed by atoms with Crippen LogP contribution in [0.4, 0.5) is 0 Å². The quantitative estimate of drug-likeness (QED) is 0.692. The molecule has 1 N–H and O–H groups in total. The number of aliphatic hydroxyl groups is 1. The van der Waals surface area contributed by atoms with Crippen LogP contribution in [0.3, 0.4) is 0 Å². The van der Waals surface area contributed by atoms with Crippen molar-refractivity contribution in [3.63, 3.8) is 0 Å². The Balaban J connectivity index is 1.82. The number of thioether (sulfide) groups is 1. The Morgan fingerprint density at radius 2 is 1.85 bits per heavy atom. The fourth-order valence-corrected chi connectivity index (χ4v) is 3.73. The first-order valence-corrected chi connectivity index (χ1v) is 8.65. The van der Waals surface area contributed by atoms with Crippen LogP contribution < -0.4 is 0 Å². The molecule has 0 spiro atoms. The molecule has 0 radical (unpaired) electrons. The first-order chi connectivity index (χ1) is 9.78. The van der Waals surface area contributed by atoms with Crippen molar-refractivity contribution in [2.45, 2.75) is 17.4 Å². The van der Waals surface area contributed by atoms with E-state index in [1.165, 1.54) is 20.5 Å². The maximum atomic E-state index is 10.4. The Labute approximate surface area is 127 Å². The SMILES string of the molecule is CSc1ccc(C(O)Cc2csc3ccccc23)cc1. The zero-order chi connectivity index (χ0) is 13.9. The molecule has 0 aliphatic rings. The van der Waals surface area contributed by atoms with E-state index in [1.54, 1.807) is 23.1 Å². The van der Waals surface area contributed by atoms with Gasteiger partial charge in [0.15, 0.2) is 0 Å². The monoisotopic (exact) mass is 300 g/mol. The summed E-state index contributed by atoms with van der Waals surface area (Å²) in [5, 5.41) is 13.8. The lowest BCUT2D eigenvalue weighted by Crippen LogP contribution is -2.01. The second kappa shape index (κ2) is 6.00. The molecule has 0 saturated heterocycles. The standard InChI is InChI=1S/C17H16OS2/c1-19-14-8-6-12(7-9-14)16(18)10-13-11-20-17-5-3-2-4-15(13)17/h2-9,11,16,18H,10H2,1H3.